The molecule has 2 aromatic carbocycles. The molecule has 7 nitrogen and oxygen atoms in total. The van der Waals surface area contributed by atoms with Crippen LogP contribution >= 0.6 is 11.6 Å². The molecule has 5 atom stereocenters. The van der Waals surface area contributed by atoms with Gasteiger partial charge in [-0.25, -0.2) is 0 Å². The minimum atomic E-state index is -1.43. The topological polar surface area (TPSA) is 113 Å². The number of hydrogen-bond donors (Lipinski definition) is 4. The number of halogens is 1. The van der Waals surface area contributed by atoms with Crippen LogP contribution in [0.25, 0.3) is 0 Å². The zero-order valence-electron chi connectivity index (χ0n) is 16.5. The fraction of sp³-hybridized carbons (Fsp3) is 0.304. The molecular formula is C23H23ClO7. The summed E-state index contributed by atoms with van der Waals surface area (Å²) in [6.07, 6.45) is -2.47. The van der Waals surface area contributed by atoms with Crippen molar-refractivity contribution in [3.8, 4) is 11.5 Å². The Bertz CT molecular complexity index is 988. The van der Waals surface area contributed by atoms with Crippen LogP contribution in [-0.4, -0.2) is 51.4 Å². The predicted molar refractivity (Wildman–Crippen MR) is 112 cm³/mol. The van der Waals surface area contributed by atoms with Crippen LogP contribution in [0.1, 0.15) is 22.8 Å². The minimum absolute atomic E-state index is 0.477. The van der Waals surface area contributed by atoms with Crippen molar-refractivity contribution < 1.29 is 34.3 Å². The molecule has 1 saturated heterocycles. The zero-order chi connectivity index (χ0) is 22.0. The van der Waals surface area contributed by atoms with E-state index in [2.05, 4.69) is 0 Å². The predicted octanol–water partition coefficient (Wildman–Crippen LogP) is 2.83. The summed E-state index contributed by atoms with van der Waals surface area (Å²) in [5.41, 5.74) is 2.39. The van der Waals surface area contributed by atoms with Gasteiger partial charge in [0.25, 0.3) is 0 Å². The molecule has 8 heteroatoms. The second-order valence-electron chi connectivity index (χ2n) is 7.48. The standard InChI is InChI=1S/C23H23ClO7/c24-18-6-3-14(23-22(28)21(27)20(26)19(11-25)31-23)10-15(18)9-13-1-4-16(5-2-13)30-17-7-8-29-12-17/h1-8,10,12,19-23,25-28H,9,11H2/t19-,20-,21+,22-,23+/m1/s1. The Morgan fingerprint density at radius 1 is 0.903 bits per heavy atom. The van der Waals surface area contributed by atoms with Gasteiger partial charge in [-0.3, -0.25) is 0 Å². The van der Waals surface area contributed by atoms with Crippen molar-refractivity contribution in [1.29, 1.82) is 0 Å². The van der Waals surface area contributed by atoms with Crippen molar-refractivity contribution in [3.05, 3.63) is 82.8 Å². The molecule has 3 aromatic rings. The van der Waals surface area contributed by atoms with Gasteiger partial charge in [0.15, 0.2) is 5.75 Å². The number of hydrogen-bond acceptors (Lipinski definition) is 7. The second-order valence-corrected chi connectivity index (χ2v) is 7.89. The van der Waals surface area contributed by atoms with Gasteiger partial charge < -0.3 is 34.3 Å². The van der Waals surface area contributed by atoms with Gasteiger partial charge in [-0.05, 0) is 41.3 Å². The Balaban J connectivity index is 1.51. The summed E-state index contributed by atoms with van der Waals surface area (Å²) < 4.78 is 16.3. The lowest BCUT2D eigenvalue weighted by atomic mass is 9.90. The van der Waals surface area contributed by atoms with Crippen LogP contribution in [0.3, 0.4) is 0 Å². The number of benzene rings is 2. The van der Waals surface area contributed by atoms with Crippen molar-refractivity contribution in [2.24, 2.45) is 0 Å². The SMILES string of the molecule is OC[C@H]1O[C@@H](c2ccc(Cl)c(Cc3ccc(Oc4ccoc4)cc3)c2)[C@H](O)[C@@H](O)[C@@H]1O. The summed E-state index contributed by atoms with van der Waals surface area (Å²) in [6.45, 7) is -0.477. The highest BCUT2D eigenvalue weighted by Crippen LogP contribution is 2.34. The average Bonchev–Trinajstić information content (AvgIpc) is 3.28. The van der Waals surface area contributed by atoms with Crippen LogP contribution in [0, 0.1) is 0 Å². The van der Waals surface area contributed by atoms with Crippen molar-refractivity contribution in [2.45, 2.75) is 36.9 Å². The minimum Gasteiger partial charge on any atom is -0.469 e. The Morgan fingerprint density at radius 2 is 1.68 bits per heavy atom. The van der Waals surface area contributed by atoms with E-state index < -0.39 is 37.1 Å². The van der Waals surface area contributed by atoms with Crippen LogP contribution in [0.4, 0.5) is 0 Å². The number of furan rings is 1. The maximum absolute atomic E-state index is 10.4. The van der Waals surface area contributed by atoms with Gasteiger partial charge in [-0.2, -0.15) is 0 Å². The van der Waals surface area contributed by atoms with E-state index in [1.165, 1.54) is 12.5 Å². The molecule has 0 aliphatic carbocycles. The van der Waals surface area contributed by atoms with Crippen LogP contribution in [0.2, 0.25) is 5.02 Å². The average molecular weight is 447 g/mol. The highest BCUT2D eigenvalue weighted by molar-refractivity contribution is 6.31. The molecule has 0 radical (unpaired) electrons. The summed E-state index contributed by atoms with van der Waals surface area (Å²) in [6, 6.07) is 14.4. The van der Waals surface area contributed by atoms with Crippen LogP contribution in [0.5, 0.6) is 11.5 Å². The fourth-order valence-electron chi connectivity index (χ4n) is 3.63. The van der Waals surface area contributed by atoms with E-state index in [9.17, 15) is 20.4 Å². The van der Waals surface area contributed by atoms with E-state index in [4.69, 9.17) is 25.5 Å². The first-order valence-corrected chi connectivity index (χ1v) is 10.2. The van der Waals surface area contributed by atoms with Crippen molar-refractivity contribution in [1.82, 2.24) is 0 Å². The Hall–Kier alpha value is -2.39. The third-order valence-electron chi connectivity index (χ3n) is 5.34. The largest absolute Gasteiger partial charge is 0.469 e. The second kappa shape index (κ2) is 9.40. The molecular weight excluding hydrogens is 424 g/mol. The first-order valence-electron chi connectivity index (χ1n) is 9.84. The Morgan fingerprint density at radius 3 is 2.35 bits per heavy atom. The van der Waals surface area contributed by atoms with Crippen molar-refractivity contribution >= 4 is 11.6 Å². The van der Waals surface area contributed by atoms with E-state index in [0.717, 1.165) is 11.1 Å². The Kier molecular flexibility index (Phi) is 6.62. The highest BCUT2D eigenvalue weighted by Gasteiger charge is 2.44. The molecule has 0 spiro atoms. The zero-order valence-corrected chi connectivity index (χ0v) is 17.2. The molecule has 1 aliphatic heterocycles. The van der Waals surface area contributed by atoms with E-state index in [0.29, 0.717) is 28.5 Å². The summed E-state index contributed by atoms with van der Waals surface area (Å²) in [5, 5.41) is 40.4. The lowest BCUT2D eigenvalue weighted by Gasteiger charge is -2.40. The van der Waals surface area contributed by atoms with Crippen LogP contribution < -0.4 is 4.74 Å². The molecule has 31 heavy (non-hydrogen) atoms. The maximum atomic E-state index is 10.4. The van der Waals surface area contributed by atoms with Crippen LogP contribution in [0.15, 0.2) is 65.5 Å². The first kappa shape index (κ1) is 21.8. The highest BCUT2D eigenvalue weighted by atomic mass is 35.5. The fourth-order valence-corrected chi connectivity index (χ4v) is 3.81. The number of aliphatic hydroxyl groups is 4. The Labute approximate surface area is 184 Å². The van der Waals surface area contributed by atoms with Gasteiger partial charge in [0, 0.05) is 11.1 Å². The summed E-state index contributed by atoms with van der Waals surface area (Å²) in [7, 11) is 0. The smallest absolute Gasteiger partial charge is 0.165 e. The molecule has 0 unspecified atom stereocenters. The summed E-state index contributed by atoms with van der Waals surface area (Å²) in [4.78, 5) is 0. The van der Waals surface area contributed by atoms with E-state index in [1.54, 1.807) is 24.3 Å². The van der Waals surface area contributed by atoms with E-state index in [1.807, 2.05) is 24.3 Å². The monoisotopic (exact) mass is 446 g/mol. The quantitative estimate of drug-likeness (QED) is 0.460. The normalized spacial score (nSPS) is 26.0. The first-order chi connectivity index (χ1) is 15.0. The molecule has 4 N–H and O–H groups in total. The molecule has 2 heterocycles. The lowest BCUT2D eigenvalue weighted by molar-refractivity contribution is -0.231. The van der Waals surface area contributed by atoms with Gasteiger partial charge in [-0.15, -0.1) is 0 Å². The third-order valence-corrected chi connectivity index (χ3v) is 5.71. The molecule has 0 bridgehead atoms. The van der Waals surface area contributed by atoms with E-state index >= 15 is 0 Å². The number of aliphatic hydroxyl groups excluding tert-OH is 4. The van der Waals surface area contributed by atoms with Crippen molar-refractivity contribution in [2.75, 3.05) is 6.61 Å². The number of rotatable bonds is 6. The van der Waals surface area contributed by atoms with Gasteiger partial charge in [0.2, 0.25) is 0 Å². The molecule has 4 rings (SSSR count). The molecule has 164 valence electrons. The third kappa shape index (κ3) is 4.77. The summed E-state index contributed by atoms with van der Waals surface area (Å²) in [5.74, 6) is 1.29. The van der Waals surface area contributed by atoms with Gasteiger partial charge >= 0.3 is 0 Å². The molecule has 1 aromatic heterocycles. The molecule has 1 fully saturated rings. The van der Waals surface area contributed by atoms with Gasteiger partial charge in [0.05, 0.1) is 12.9 Å². The molecule has 0 saturated carbocycles. The van der Waals surface area contributed by atoms with E-state index in [-0.39, 0.29) is 0 Å². The summed E-state index contributed by atoms with van der Waals surface area (Å²) >= 11 is 6.39. The molecule has 1 aliphatic rings. The maximum Gasteiger partial charge on any atom is 0.165 e. The van der Waals surface area contributed by atoms with Gasteiger partial charge in [0.1, 0.15) is 42.5 Å². The number of ether oxygens (including phenoxy) is 2. The van der Waals surface area contributed by atoms with Crippen molar-refractivity contribution in [3.63, 3.8) is 0 Å². The van der Waals surface area contributed by atoms with Gasteiger partial charge in [-0.1, -0.05) is 35.9 Å². The van der Waals surface area contributed by atoms with Crippen LogP contribution in [-0.2, 0) is 11.2 Å². The lowest BCUT2D eigenvalue weighted by Crippen LogP contribution is -2.55. The molecule has 0 amide bonds.